The summed E-state index contributed by atoms with van der Waals surface area (Å²) in [5, 5.41) is 0. The van der Waals surface area contributed by atoms with E-state index in [2.05, 4.69) is 0 Å². The summed E-state index contributed by atoms with van der Waals surface area (Å²) in [6.45, 7) is 6.99. The number of rotatable bonds is 8. The number of hydrogen-bond donors (Lipinski definition) is 0. The quantitative estimate of drug-likeness (QED) is 0.666. The molecule has 0 aromatic heterocycles. The van der Waals surface area contributed by atoms with Crippen molar-refractivity contribution in [2.75, 3.05) is 11.5 Å². The van der Waals surface area contributed by atoms with Crippen LogP contribution in [0.4, 0.5) is 0 Å². The van der Waals surface area contributed by atoms with Crippen LogP contribution >= 0.6 is 0 Å². The minimum atomic E-state index is -3.28. The highest BCUT2D eigenvalue weighted by Crippen LogP contribution is 2.06. The van der Waals surface area contributed by atoms with Crippen molar-refractivity contribution in [3.8, 4) is 0 Å². The molecule has 0 rings (SSSR count). The van der Waals surface area contributed by atoms with Gasteiger partial charge in [0, 0.05) is 24.7 Å². The van der Waals surface area contributed by atoms with Gasteiger partial charge < -0.3 is 0 Å². The monoisotopic (exact) mass is 262 g/mol. The zero-order valence-corrected chi connectivity index (χ0v) is 11.8. The lowest BCUT2D eigenvalue weighted by atomic mass is 10.1. The summed E-state index contributed by atoms with van der Waals surface area (Å²) in [5.74, 6) is -0.664. The Balaban J connectivity index is 4.14. The molecule has 0 aromatic rings. The molecule has 4 nitrogen and oxygen atoms in total. The molecule has 100 valence electrons. The lowest BCUT2D eigenvalue weighted by Gasteiger charge is -2.06. The van der Waals surface area contributed by atoms with Gasteiger partial charge in [0.2, 0.25) is 0 Å². The summed E-state index contributed by atoms with van der Waals surface area (Å²) in [4.78, 5) is 22.6. The van der Waals surface area contributed by atoms with Crippen LogP contribution in [0.1, 0.15) is 40.5 Å². The van der Waals surface area contributed by atoms with Crippen LogP contribution in [-0.2, 0) is 19.4 Å². The highest BCUT2D eigenvalue weighted by atomic mass is 32.2. The van der Waals surface area contributed by atoms with Gasteiger partial charge in [0.1, 0.15) is 11.6 Å². The molecule has 0 spiro atoms. The van der Waals surface area contributed by atoms with E-state index < -0.39 is 9.84 Å². The topological polar surface area (TPSA) is 68.3 Å². The van der Waals surface area contributed by atoms with Crippen molar-refractivity contribution < 1.29 is 18.0 Å². The van der Waals surface area contributed by atoms with Crippen molar-refractivity contribution >= 4 is 21.4 Å². The lowest BCUT2D eigenvalue weighted by Crippen LogP contribution is -2.20. The number of carbonyl (C=O) groups is 2. The van der Waals surface area contributed by atoms with Crippen molar-refractivity contribution in [1.82, 2.24) is 0 Å². The lowest BCUT2D eigenvalue weighted by molar-refractivity contribution is -0.122. The van der Waals surface area contributed by atoms with Crippen LogP contribution in [0.3, 0.4) is 0 Å². The summed E-state index contributed by atoms with van der Waals surface area (Å²) in [7, 11) is -3.28. The van der Waals surface area contributed by atoms with Gasteiger partial charge in [-0.25, -0.2) is 8.42 Å². The van der Waals surface area contributed by atoms with Gasteiger partial charge in [-0.2, -0.15) is 0 Å². The second-order valence-corrected chi connectivity index (χ2v) is 7.20. The van der Waals surface area contributed by atoms with Crippen molar-refractivity contribution in [3.05, 3.63) is 0 Å². The van der Waals surface area contributed by atoms with Crippen LogP contribution in [-0.4, -0.2) is 31.5 Å². The molecule has 17 heavy (non-hydrogen) atoms. The first-order valence-corrected chi connectivity index (χ1v) is 7.73. The predicted molar refractivity (Wildman–Crippen MR) is 67.6 cm³/mol. The highest BCUT2D eigenvalue weighted by Gasteiger charge is 2.17. The van der Waals surface area contributed by atoms with Gasteiger partial charge in [0.05, 0.1) is 11.5 Å². The molecule has 0 N–H and O–H groups in total. The summed E-state index contributed by atoms with van der Waals surface area (Å²) < 4.78 is 23.2. The fourth-order valence-corrected chi connectivity index (χ4v) is 2.42. The third kappa shape index (κ3) is 7.26. The molecular weight excluding hydrogens is 240 g/mol. The van der Waals surface area contributed by atoms with Gasteiger partial charge in [-0.05, 0) is 0 Å². The molecular formula is C12H22O4S. The Hall–Kier alpha value is -0.710. The molecule has 0 aromatic carbocycles. The fraction of sp³-hybridized carbons (Fsp3) is 0.833. The molecule has 0 aliphatic carbocycles. The molecule has 0 aliphatic heterocycles. The van der Waals surface area contributed by atoms with E-state index >= 15 is 0 Å². The summed E-state index contributed by atoms with van der Waals surface area (Å²) in [6, 6.07) is 0. The summed E-state index contributed by atoms with van der Waals surface area (Å²) in [5.41, 5.74) is 0. The first-order valence-electron chi connectivity index (χ1n) is 5.91. The van der Waals surface area contributed by atoms with Crippen LogP contribution in [0.5, 0.6) is 0 Å². The third-order valence-corrected chi connectivity index (χ3v) is 4.26. The number of ketones is 2. The number of carbonyl (C=O) groups excluding carboxylic acids is 2. The zero-order valence-electron chi connectivity index (χ0n) is 11.0. The summed E-state index contributed by atoms with van der Waals surface area (Å²) in [6.07, 6.45) is 0.103. The van der Waals surface area contributed by atoms with Gasteiger partial charge in [-0.15, -0.1) is 0 Å². The average Bonchev–Trinajstić information content (AvgIpc) is 2.22. The molecule has 5 heteroatoms. The maximum atomic E-state index is 11.6. The van der Waals surface area contributed by atoms with Crippen molar-refractivity contribution in [2.45, 2.75) is 40.5 Å². The van der Waals surface area contributed by atoms with E-state index in [0.717, 1.165) is 0 Å². The van der Waals surface area contributed by atoms with Crippen molar-refractivity contribution in [1.29, 1.82) is 0 Å². The maximum absolute atomic E-state index is 11.6. The van der Waals surface area contributed by atoms with Crippen LogP contribution in [0.2, 0.25) is 0 Å². The Morgan fingerprint density at radius 3 is 1.35 bits per heavy atom. The van der Waals surface area contributed by atoms with Crippen LogP contribution in [0.15, 0.2) is 0 Å². The SMILES string of the molecule is CC(C)C(=O)CCS(=O)(=O)CCC(=O)C(C)C. The van der Waals surface area contributed by atoms with Crippen LogP contribution in [0, 0.1) is 11.8 Å². The Kier molecular flexibility index (Phi) is 6.60. The highest BCUT2D eigenvalue weighted by molar-refractivity contribution is 7.91. The fourth-order valence-electron chi connectivity index (χ4n) is 1.19. The minimum absolute atomic E-state index is 0.0515. The molecule has 0 radical (unpaired) electrons. The molecule has 0 aliphatic rings. The van der Waals surface area contributed by atoms with E-state index in [9.17, 15) is 18.0 Å². The Morgan fingerprint density at radius 2 is 1.12 bits per heavy atom. The molecule has 0 bridgehead atoms. The van der Waals surface area contributed by atoms with Crippen molar-refractivity contribution in [2.24, 2.45) is 11.8 Å². The van der Waals surface area contributed by atoms with E-state index in [1.54, 1.807) is 27.7 Å². The maximum Gasteiger partial charge on any atom is 0.151 e. The zero-order chi connectivity index (χ0) is 13.6. The summed E-state index contributed by atoms with van der Waals surface area (Å²) >= 11 is 0. The van der Waals surface area contributed by atoms with Gasteiger partial charge in [-0.1, -0.05) is 27.7 Å². The van der Waals surface area contributed by atoms with Gasteiger partial charge >= 0.3 is 0 Å². The van der Waals surface area contributed by atoms with Crippen molar-refractivity contribution in [3.63, 3.8) is 0 Å². The smallest absolute Gasteiger partial charge is 0.151 e. The predicted octanol–water partition coefficient (Wildman–Crippen LogP) is 1.63. The van der Waals surface area contributed by atoms with E-state index in [-0.39, 0.29) is 47.7 Å². The van der Waals surface area contributed by atoms with E-state index in [4.69, 9.17) is 0 Å². The molecule has 0 fully saturated rings. The van der Waals surface area contributed by atoms with E-state index in [1.807, 2.05) is 0 Å². The first kappa shape index (κ1) is 16.3. The van der Waals surface area contributed by atoms with Gasteiger partial charge in [0.25, 0.3) is 0 Å². The molecule has 0 atom stereocenters. The molecule has 0 amide bonds. The average molecular weight is 262 g/mol. The standard InChI is InChI=1S/C12H22O4S/c1-9(2)11(13)5-7-17(15,16)8-6-12(14)10(3)4/h9-10H,5-8H2,1-4H3. The minimum Gasteiger partial charge on any atom is -0.299 e. The Labute approximate surface area is 104 Å². The second-order valence-electron chi connectivity index (χ2n) is 4.89. The van der Waals surface area contributed by atoms with Gasteiger partial charge in [-0.3, -0.25) is 9.59 Å². The number of hydrogen-bond acceptors (Lipinski definition) is 4. The van der Waals surface area contributed by atoms with Gasteiger partial charge in [0.15, 0.2) is 9.84 Å². The molecule has 0 saturated carbocycles. The number of sulfone groups is 1. The van der Waals surface area contributed by atoms with Crippen LogP contribution < -0.4 is 0 Å². The van der Waals surface area contributed by atoms with E-state index in [1.165, 1.54) is 0 Å². The normalized spacial score (nSPS) is 12.1. The molecule has 0 unspecified atom stereocenters. The third-order valence-electron chi connectivity index (χ3n) is 2.61. The van der Waals surface area contributed by atoms with E-state index in [0.29, 0.717) is 0 Å². The molecule has 0 heterocycles. The second kappa shape index (κ2) is 6.89. The molecule has 0 saturated heterocycles. The van der Waals surface area contributed by atoms with Crippen LogP contribution in [0.25, 0.3) is 0 Å². The number of Topliss-reactive ketones (excluding diaryl/α,β-unsaturated/α-hetero) is 2. The largest absolute Gasteiger partial charge is 0.299 e. The first-order chi connectivity index (χ1) is 7.65. The Bertz CT molecular complexity index is 336. The Morgan fingerprint density at radius 1 is 0.824 bits per heavy atom.